The van der Waals surface area contributed by atoms with E-state index in [4.69, 9.17) is 14.7 Å². The monoisotopic (exact) mass is 232 g/mol. The van der Waals surface area contributed by atoms with Crippen molar-refractivity contribution in [3.63, 3.8) is 0 Å². The average molecular weight is 232 g/mol. The van der Waals surface area contributed by atoms with Gasteiger partial charge in [0, 0.05) is 25.0 Å². The van der Waals surface area contributed by atoms with Crippen molar-refractivity contribution in [2.75, 3.05) is 19.8 Å². The summed E-state index contributed by atoms with van der Waals surface area (Å²) >= 11 is 0. The zero-order valence-corrected chi connectivity index (χ0v) is 9.98. The molecular weight excluding hydrogens is 216 g/mol. The van der Waals surface area contributed by atoms with E-state index in [2.05, 4.69) is 11.1 Å². The van der Waals surface area contributed by atoms with E-state index in [-0.39, 0.29) is 0 Å². The molecule has 1 aliphatic heterocycles. The van der Waals surface area contributed by atoms with Crippen molar-refractivity contribution in [1.29, 1.82) is 5.26 Å². The average Bonchev–Trinajstić information content (AvgIpc) is 2.37. The zero-order chi connectivity index (χ0) is 12.1. The Balaban J connectivity index is 1.94. The first-order valence-electron chi connectivity index (χ1n) is 5.87. The van der Waals surface area contributed by atoms with Crippen molar-refractivity contribution in [3.8, 4) is 11.9 Å². The first kappa shape index (κ1) is 11.9. The lowest BCUT2D eigenvalue weighted by molar-refractivity contribution is 0.0490. The van der Waals surface area contributed by atoms with Crippen molar-refractivity contribution in [2.45, 2.75) is 19.8 Å². The molecule has 1 aromatic heterocycles. The number of aryl methyl sites for hydroxylation is 1. The van der Waals surface area contributed by atoms with Gasteiger partial charge in [-0.05, 0) is 31.7 Å². The minimum absolute atomic E-state index is 0.539. The molecule has 0 radical (unpaired) electrons. The molecule has 0 N–H and O–H groups in total. The van der Waals surface area contributed by atoms with E-state index in [1.54, 1.807) is 12.1 Å². The van der Waals surface area contributed by atoms with Crippen LogP contribution in [0.4, 0.5) is 0 Å². The van der Waals surface area contributed by atoms with Crippen molar-refractivity contribution >= 4 is 0 Å². The number of aromatic nitrogens is 1. The van der Waals surface area contributed by atoms with Crippen LogP contribution in [0.25, 0.3) is 0 Å². The Kier molecular flexibility index (Phi) is 3.94. The van der Waals surface area contributed by atoms with Crippen LogP contribution in [0.1, 0.15) is 24.1 Å². The second-order valence-corrected chi connectivity index (χ2v) is 4.31. The molecule has 4 heteroatoms. The van der Waals surface area contributed by atoms with E-state index in [1.807, 2.05) is 6.92 Å². The lowest BCUT2D eigenvalue weighted by Gasteiger charge is -2.21. The summed E-state index contributed by atoms with van der Waals surface area (Å²) in [6.45, 7) is 4.16. The van der Waals surface area contributed by atoms with Gasteiger partial charge in [-0.15, -0.1) is 0 Å². The Hall–Kier alpha value is -1.60. The fourth-order valence-corrected chi connectivity index (χ4v) is 1.89. The molecule has 2 rings (SSSR count). The highest BCUT2D eigenvalue weighted by atomic mass is 16.5. The molecular formula is C13H16N2O2. The summed E-state index contributed by atoms with van der Waals surface area (Å²) in [7, 11) is 0. The van der Waals surface area contributed by atoms with Gasteiger partial charge in [-0.2, -0.15) is 5.26 Å². The van der Waals surface area contributed by atoms with Crippen molar-refractivity contribution < 1.29 is 9.47 Å². The SMILES string of the molecule is Cc1cc(C#N)cc(OCC2CCOCC2)n1. The summed E-state index contributed by atoms with van der Waals surface area (Å²) in [5.74, 6) is 1.09. The molecule has 2 heterocycles. The van der Waals surface area contributed by atoms with Crippen LogP contribution >= 0.6 is 0 Å². The van der Waals surface area contributed by atoms with Crippen molar-refractivity contribution in [2.24, 2.45) is 5.92 Å². The number of hydrogen-bond acceptors (Lipinski definition) is 4. The van der Waals surface area contributed by atoms with Crippen LogP contribution in [-0.4, -0.2) is 24.8 Å². The molecule has 4 nitrogen and oxygen atoms in total. The van der Waals surface area contributed by atoms with Gasteiger partial charge in [0.05, 0.1) is 18.2 Å². The van der Waals surface area contributed by atoms with Crippen LogP contribution in [0.15, 0.2) is 12.1 Å². The zero-order valence-electron chi connectivity index (χ0n) is 9.98. The smallest absolute Gasteiger partial charge is 0.214 e. The number of nitriles is 1. The molecule has 0 atom stereocenters. The number of nitrogens with zero attached hydrogens (tertiary/aromatic N) is 2. The first-order chi connectivity index (χ1) is 8.28. The number of ether oxygens (including phenoxy) is 2. The summed E-state index contributed by atoms with van der Waals surface area (Å²) in [5.41, 5.74) is 1.41. The number of rotatable bonds is 3. The molecule has 90 valence electrons. The Morgan fingerprint density at radius 3 is 2.94 bits per heavy atom. The molecule has 0 aromatic carbocycles. The van der Waals surface area contributed by atoms with Crippen LogP contribution in [0, 0.1) is 24.2 Å². The minimum atomic E-state index is 0.539. The second kappa shape index (κ2) is 5.65. The van der Waals surface area contributed by atoms with Gasteiger partial charge in [0.15, 0.2) is 0 Å². The summed E-state index contributed by atoms with van der Waals surface area (Å²) < 4.78 is 10.9. The van der Waals surface area contributed by atoms with E-state index >= 15 is 0 Å². The lowest BCUT2D eigenvalue weighted by Crippen LogP contribution is -2.21. The quantitative estimate of drug-likeness (QED) is 0.800. The van der Waals surface area contributed by atoms with Crippen LogP contribution in [0.2, 0.25) is 0 Å². The fourth-order valence-electron chi connectivity index (χ4n) is 1.89. The van der Waals surface area contributed by atoms with Crippen molar-refractivity contribution in [3.05, 3.63) is 23.4 Å². The van der Waals surface area contributed by atoms with E-state index < -0.39 is 0 Å². The highest BCUT2D eigenvalue weighted by molar-refractivity contribution is 5.34. The maximum absolute atomic E-state index is 8.85. The van der Waals surface area contributed by atoms with E-state index in [9.17, 15) is 0 Å². The number of hydrogen-bond donors (Lipinski definition) is 0. The molecule has 0 aliphatic carbocycles. The van der Waals surface area contributed by atoms with Gasteiger partial charge in [0.25, 0.3) is 0 Å². The van der Waals surface area contributed by atoms with Gasteiger partial charge >= 0.3 is 0 Å². The summed E-state index contributed by atoms with van der Waals surface area (Å²) in [5, 5.41) is 8.85. The van der Waals surface area contributed by atoms with Gasteiger partial charge in [0.2, 0.25) is 5.88 Å². The second-order valence-electron chi connectivity index (χ2n) is 4.31. The summed E-state index contributed by atoms with van der Waals surface area (Å²) in [6, 6.07) is 5.54. The van der Waals surface area contributed by atoms with Gasteiger partial charge in [0.1, 0.15) is 0 Å². The predicted molar refractivity (Wildman–Crippen MR) is 62.7 cm³/mol. The van der Waals surface area contributed by atoms with Crippen LogP contribution in [0.5, 0.6) is 5.88 Å². The maximum Gasteiger partial charge on any atom is 0.214 e. The minimum Gasteiger partial charge on any atom is -0.477 e. The Morgan fingerprint density at radius 1 is 1.47 bits per heavy atom. The van der Waals surface area contributed by atoms with E-state index in [0.29, 0.717) is 24.0 Å². The standard InChI is InChI=1S/C13H16N2O2/c1-10-6-12(8-14)7-13(15-10)17-9-11-2-4-16-5-3-11/h6-7,11H,2-5,9H2,1H3. The van der Waals surface area contributed by atoms with E-state index in [1.165, 1.54) is 0 Å². The van der Waals surface area contributed by atoms with Crippen LogP contribution < -0.4 is 4.74 Å². The van der Waals surface area contributed by atoms with E-state index in [0.717, 1.165) is 31.7 Å². The highest BCUT2D eigenvalue weighted by Gasteiger charge is 2.14. The van der Waals surface area contributed by atoms with Gasteiger partial charge < -0.3 is 9.47 Å². The van der Waals surface area contributed by atoms with Crippen LogP contribution in [-0.2, 0) is 4.74 Å². The highest BCUT2D eigenvalue weighted by Crippen LogP contribution is 2.17. The van der Waals surface area contributed by atoms with Crippen molar-refractivity contribution in [1.82, 2.24) is 4.98 Å². The molecule has 0 saturated carbocycles. The molecule has 0 unspecified atom stereocenters. The topological polar surface area (TPSA) is 55.1 Å². The predicted octanol–water partition coefficient (Wildman–Crippen LogP) is 2.07. The molecule has 1 aliphatic rings. The Labute approximate surface area is 101 Å². The molecule has 17 heavy (non-hydrogen) atoms. The summed E-state index contributed by atoms with van der Waals surface area (Å²) in [6.07, 6.45) is 2.08. The third-order valence-corrected chi connectivity index (χ3v) is 2.87. The third-order valence-electron chi connectivity index (χ3n) is 2.87. The number of pyridine rings is 1. The molecule has 0 spiro atoms. The molecule has 1 aromatic rings. The fraction of sp³-hybridized carbons (Fsp3) is 0.538. The summed E-state index contributed by atoms with van der Waals surface area (Å²) in [4.78, 5) is 4.26. The lowest BCUT2D eigenvalue weighted by atomic mass is 10.0. The molecule has 0 bridgehead atoms. The first-order valence-corrected chi connectivity index (χ1v) is 5.87. The maximum atomic E-state index is 8.85. The third kappa shape index (κ3) is 3.43. The van der Waals surface area contributed by atoms with Crippen LogP contribution in [0.3, 0.4) is 0 Å². The normalized spacial score (nSPS) is 16.5. The van der Waals surface area contributed by atoms with Gasteiger partial charge in [-0.1, -0.05) is 0 Å². The molecule has 1 saturated heterocycles. The largest absolute Gasteiger partial charge is 0.477 e. The molecule has 1 fully saturated rings. The van der Waals surface area contributed by atoms with Gasteiger partial charge in [-0.3, -0.25) is 0 Å². The van der Waals surface area contributed by atoms with Gasteiger partial charge in [-0.25, -0.2) is 4.98 Å². The molecule has 0 amide bonds. The Bertz CT molecular complexity index is 420. The Morgan fingerprint density at radius 2 is 2.24 bits per heavy atom.